The molecule has 1 atom stereocenters. The summed E-state index contributed by atoms with van der Waals surface area (Å²) in [5.41, 5.74) is 1.90. The second-order valence-electron chi connectivity index (χ2n) is 5.87. The first-order valence-corrected chi connectivity index (χ1v) is 8.46. The summed E-state index contributed by atoms with van der Waals surface area (Å²) in [6.45, 7) is 0.0107. The highest BCUT2D eigenvalue weighted by Crippen LogP contribution is 2.14. The Morgan fingerprint density at radius 3 is 2.30 bits per heavy atom. The molecule has 8 nitrogen and oxygen atoms in total. The standard InChI is InChI=1S/C19H19N5O3/c25-18(20-12-16-9-5-2-6-10-16)13-27-19(26)17(24-14-21-22-23-24)11-15-7-3-1-4-8-15/h1-10,14,17H,11-13H2,(H,20,25)/t17-/m0/s1. The number of hydrogen-bond acceptors (Lipinski definition) is 6. The van der Waals surface area contributed by atoms with Crippen LogP contribution in [0.5, 0.6) is 0 Å². The Morgan fingerprint density at radius 2 is 1.67 bits per heavy atom. The van der Waals surface area contributed by atoms with Crippen LogP contribution in [0.3, 0.4) is 0 Å². The number of nitrogens with zero attached hydrogens (tertiary/aromatic N) is 4. The zero-order valence-electron chi connectivity index (χ0n) is 14.6. The van der Waals surface area contributed by atoms with E-state index in [0.29, 0.717) is 13.0 Å². The van der Waals surface area contributed by atoms with Crippen molar-refractivity contribution in [2.24, 2.45) is 0 Å². The first-order chi connectivity index (χ1) is 13.2. The maximum atomic E-state index is 12.5. The number of carbonyl (C=O) groups excluding carboxylic acids is 2. The van der Waals surface area contributed by atoms with Crippen LogP contribution < -0.4 is 5.32 Å². The highest BCUT2D eigenvalue weighted by atomic mass is 16.5. The van der Waals surface area contributed by atoms with Crippen molar-refractivity contribution in [3.8, 4) is 0 Å². The van der Waals surface area contributed by atoms with E-state index in [0.717, 1.165) is 11.1 Å². The minimum Gasteiger partial charge on any atom is -0.454 e. The number of esters is 1. The van der Waals surface area contributed by atoms with Gasteiger partial charge in [0.1, 0.15) is 6.33 Å². The van der Waals surface area contributed by atoms with E-state index in [9.17, 15) is 9.59 Å². The molecule has 1 amide bonds. The summed E-state index contributed by atoms with van der Waals surface area (Å²) >= 11 is 0. The molecule has 0 fully saturated rings. The van der Waals surface area contributed by atoms with E-state index in [4.69, 9.17) is 4.74 Å². The summed E-state index contributed by atoms with van der Waals surface area (Å²) < 4.78 is 6.51. The van der Waals surface area contributed by atoms with Crippen molar-refractivity contribution in [2.45, 2.75) is 19.0 Å². The highest BCUT2D eigenvalue weighted by Gasteiger charge is 2.24. The van der Waals surface area contributed by atoms with Gasteiger partial charge < -0.3 is 10.1 Å². The molecule has 0 aliphatic heterocycles. The van der Waals surface area contributed by atoms with E-state index in [1.54, 1.807) is 0 Å². The van der Waals surface area contributed by atoms with Crippen LogP contribution in [0.4, 0.5) is 0 Å². The fourth-order valence-electron chi connectivity index (χ4n) is 2.51. The van der Waals surface area contributed by atoms with Gasteiger partial charge in [-0.15, -0.1) is 5.10 Å². The molecule has 8 heteroatoms. The van der Waals surface area contributed by atoms with Crippen molar-refractivity contribution in [3.05, 3.63) is 78.1 Å². The highest BCUT2D eigenvalue weighted by molar-refractivity contribution is 5.81. The Balaban J connectivity index is 1.55. The molecule has 0 bridgehead atoms. The SMILES string of the molecule is O=C(COC(=O)[C@H](Cc1ccccc1)n1cnnn1)NCc1ccccc1. The molecule has 0 aliphatic carbocycles. The fraction of sp³-hybridized carbons (Fsp3) is 0.211. The van der Waals surface area contributed by atoms with E-state index >= 15 is 0 Å². The third-order valence-electron chi connectivity index (χ3n) is 3.91. The van der Waals surface area contributed by atoms with Crippen LogP contribution in [-0.4, -0.2) is 38.7 Å². The maximum absolute atomic E-state index is 12.5. The van der Waals surface area contributed by atoms with Gasteiger partial charge in [0.05, 0.1) is 0 Å². The van der Waals surface area contributed by atoms with Gasteiger partial charge in [-0.25, -0.2) is 9.48 Å². The quantitative estimate of drug-likeness (QED) is 0.605. The lowest BCUT2D eigenvalue weighted by Crippen LogP contribution is -2.31. The van der Waals surface area contributed by atoms with Crippen LogP contribution in [0.1, 0.15) is 17.2 Å². The third kappa shape index (κ3) is 5.46. The molecule has 0 radical (unpaired) electrons. The van der Waals surface area contributed by atoms with Crippen LogP contribution >= 0.6 is 0 Å². The molecule has 0 spiro atoms. The van der Waals surface area contributed by atoms with Gasteiger partial charge in [-0.05, 0) is 21.6 Å². The van der Waals surface area contributed by atoms with Crippen molar-refractivity contribution in [1.82, 2.24) is 25.5 Å². The number of ether oxygens (including phenoxy) is 1. The molecule has 138 valence electrons. The summed E-state index contributed by atoms with van der Waals surface area (Å²) in [5, 5.41) is 13.6. The minimum absolute atomic E-state index is 0.357. The van der Waals surface area contributed by atoms with Crippen LogP contribution in [0.2, 0.25) is 0 Å². The number of tetrazole rings is 1. The van der Waals surface area contributed by atoms with Crippen LogP contribution in [0, 0.1) is 0 Å². The smallest absolute Gasteiger partial charge is 0.331 e. The van der Waals surface area contributed by atoms with Crippen molar-refractivity contribution in [3.63, 3.8) is 0 Å². The van der Waals surface area contributed by atoms with E-state index < -0.39 is 12.0 Å². The number of nitrogens with one attached hydrogen (secondary N) is 1. The summed E-state index contributed by atoms with van der Waals surface area (Å²) in [6.07, 6.45) is 1.71. The first kappa shape index (κ1) is 18.2. The summed E-state index contributed by atoms with van der Waals surface area (Å²) in [7, 11) is 0. The lowest BCUT2D eigenvalue weighted by atomic mass is 10.1. The summed E-state index contributed by atoms with van der Waals surface area (Å²) in [5.74, 6) is -0.941. The second-order valence-corrected chi connectivity index (χ2v) is 5.87. The zero-order chi connectivity index (χ0) is 18.9. The number of aromatic nitrogens is 4. The molecule has 1 aromatic heterocycles. The molecule has 3 aromatic rings. The molecule has 2 aromatic carbocycles. The van der Waals surface area contributed by atoms with Crippen LogP contribution in [0.15, 0.2) is 67.0 Å². The van der Waals surface area contributed by atoms with Gasteiger partial charge in [-0.3, -0.25) is 4.79 Å². The van der Waals surface area contributed by atoms with Crippen molar-refractivity contribution in [1.29, 1.82) is 0 Å². The average Bonchev–Trinajstić information content (AvgIpc) is 3.25. The Labute approximate surface area is 156 Å². The molecular formula is C19H19N5O3. The monoisotopic (exact) mass is 365 g/mol. The Morgan fingerprint density at radius 1 is 1.00 bits per heavy atom. The molecule has 1 N–H and O–H groups in total. The molecule has 3 rings (SSSR count). The van der Waals surface area contributed by atoms with Gasteiger partial charge in [-0.2, -0.15) is 0 Å². The zero-order valence-corrected chi connectivity index (χ0v) is 14.6. The maximum Gasteiger partial charge on any atom is 0.331 e. The Hall–Kier alpha value is -3.55. The van der Waals surface area contributed by atoms with E-state index in [2.05, 4.69) is 20.8 Å². The third-order valence-corrected chi connectivity index (χ3v) is 3.91. The van der Waals surface area contributed by atoms with E-state index in [1.165, 1.54) is 11.0 Å². The normalized spacial score (nSPS) is 11.6. The number of rotatable bonds is 8. The van der Waals surface area contributed by atoms with Crippen LogP contribution in [0.25, 0.3) is 0 Å². The predicted octanol–water partition coefficient (Wildman–Crippen LogP) is 1.32. The topological polar surface area (TPSA) is 99.0 Å². The number of amides is 1. The minimum atomic E-state index is -0.746. The predicted molar refractivity (Wildman–Crippen MR) is 96.2 cm³/mol. The lowest BCUT2D eigenvalue weighted by Gasteiger charge is -2.15. The van der Waals surface area contributed by atoms with Gasteiger partial charge in [0, 0.05) is 13.0 Å². The molecule has 1 heterocycles. The Bertz CT molecular complexity index is 854. The van der Waals surface area contributed by atoms with Crippen molar-refractivity contribution >= 4 is 11.9 Å². The largest absolute Gasteiger partial charge is 0.454 e. The Kier molecular flexibility index (Phi) is 6.24. The van der Waals surface area contributed by atoms with Gasteiger partial charge >= 0.3 is 5.97 Å². The van der Waals surface area contributed by atoms with Gasteiger partial charge in [0.15, 0.2) is 12.6 Å². The average molecular weight is 365 g/mol. The molecule has 27 heavy (non-hydrogen) atoms. The fourth-order valence-corrected chi connectivity index (χ4v) is 2.51. The van der Waals surface area contributed by atoms with Gasteiger partial charge in [0.2, 0.25) is 0 Å². The van der Waals surface area contributed by atoms with Gasteiger partial charge in [-0.1, -0.05) is 60.7 Å². The number of carbonyl (C=O) groups is 2. The summed E-state index contributed by atoms with van der Waals surface area (Å²) in [6, 6.07) is 18.2. The molecule has 0 saturated heterocycles. The number of hydrogen-bond donors (Lipinski definition) is 1. The summed E-state index contributed by atoms with van der Waals surface area (Å²) in [4.78, 5) is 24.5. The molecule has 0 aliphatic rings. The molecule has 0 unspecified atom stereocenters. The number of benzene rings is 2. The van der Waals surface area contributed by atoms with Gasteiger partial charge in [0.25, 0.3) is 5.91 Å². The molecule has 0 saturated carbocycles. The first-order valence-electron chi connectivity index (χ1n) is 8.46. The van der Waals surface area contributed by atoms with Crippen molar-refractivity contribution in [2.75, 3.05) is 6.61 Å². The lowest BCUT2D eigenvalue weighted by molar-refractivity contribution is -0.152. The van der Waals surface area contributed by atoms with Crippen molar-refractivity contribution < 1.29 is 14.3 Å². The van der Waals surface area contributed by atoms with E-state index in [-0.39, 0.29) is 12.5 Å². The second kappa shape index (κ2) is 9.23. The van der Waals surface area contributed by atoms with Crippen LogP contribution in [-0.2, 0) is 27.3 Å². The van der Waals surface area contributed by atoms with E-state index in [1.807, 2.05) is 60.7 Å². The molecular weight excluding hydrogens is 346 g/mol.